The van der Waals surface area contributed by atoms with Gasteiger partial charge in [-0.15, -0.1) is 0 Å². The summed E-state index contributed by atoms with van der Waals surface area (Å²) < 4.78 is 58.0. The molecular weight excluding hydrogens is 419 g/mol. The van der Waals surface area contributed by atoms with Crippen molar-refractivity contribution in [3.63, 3.8) is 0 Å². The number of alkyl halides is 3. The van der Waals surface area contributed by atoms with Crippen LogP contribution in [0.4, 0.5) is 13.2 Å². The Morgan fingerprint density at radius 1 is 0.938 bits per heavy atom. The summed E-state index contributed by atoms with van der Waals surface area (Å²) in [5.74, 6) is 0.401. The zero-order chi connectivity index (χ0) is 22.6. The highest BCUT2D eigenvalue weighted by Gasteiger charge is 2.35. The predicted molar refractivity (Wildman–Crippen MR) is 112 cm³/mol. The van der Waals surface area contributed by atoms with E-state index in [1.807, 2.05) is 12.1 Å². The smallest absolute Gasteiger partial charge is 0.420 e. The van der Waals surface area contributed by atoms with Gasteiger partial charge in [0.1, 0.15) is 35.2 Å². The van der Waals surface area contributed by atoms with Crippen LogP contribution in [-0.2, 0) is 23.9 Å². The van der Waals surface area contributed by atoms with Gasteiger partial charge in [0.25, 0.3) is 0 Å². The molecule has 0 saturated heterocycles. The number of hydrogen-bond donors (Lipinski definition) is 0. The van der Waals surface area contributed by atoms with Crippen molar-refractivity contribution in [2.75, 3.05) is 0 Å². The zero-order valence-corrected chi connectivity index (χ0v) is 16.9. The maximum atomic E-state index is 13.8. The first-order valence-electron chi connectivity index (χ1n) is 9.87. The average molecular weight is 437 g/mol. The Hall–Kier alpha value is -3.92. The molecule has 1 aliphatic rings. The average Bonchev–Trinajstić information content (AvgIpc) is 2.78. The summed E-state index contributed by atoms with van der Waals surface area (Å²) in [6.45, 7) is 0.275. The van der Waals surface area contributed by atoms with Crippen LogP contribution in [0.5, 0.6) is 23.0 Å². The van der Waals surface area contributed by atoms with Crippen molar-refractivity contribution < 1.29 is 27.4 Å². The van der Waals surface area contributed by atoms with E-state index in [1.54, 1.807) is 48.7 Å². The van der Waals surface area contributed by atoms with Gasteiger partial charge in [-0.3, -0.25) is 0 Å². The molecule has 0 saturated carbocycles. The van der Waals surface area contributed by atoms with Gasteiger partial charge in [-0.25, -0.2) is 0 Å². The van der Waals surface area contributed by atoms with Gasteiger partial charge in [-0.2, -0.15) is 18.4 Å². The Morgan fingerprint density at radius 3 is 2.53 bits per heavy atom. The molecule has 32 heavy (non-hydrogen) atoms. The molecule has 0 unspecified atom stereocenters. The fourth-order valence-electron chi connectivity index (χ4n) is 3.34. The van der Waals surface area contributed by atoms with Crippen molar-refractivity contribution in [2.45, 2.75) is 25.6 Å². The second kappa shape index (κ2) is 9.06. The Bertz CT molecular complexity index is 1200. The van der Waals surface area contributed by atoms with Crippen LogP contribution in [0.3, 0.4) is 0 Å². The SMILES string of the molecule is N#CCCc1cccc(Oc2ccc(Oc3cccc4c3COC=C4)cc2C(F)(F)F)c1. The second-order valence-corrected chi connectivity index (χ2v) is 7.10. The van der Waals surface area contributed by atoms with Crippen LogP contribution in [0.15, 0.2) is 66.9 Å². The molecule has 0 bridgehead atoms. The van der Waals surface area contributed by atoms with Crippen molar-refractivity contribution in [1.82, 2.24) is 0 Å². The summed E-state index contributed by atoms with van der Waals surface area (Å²) in [7, 11) is 0. The first-order valence-corrected chi connectivity index (χ1v) is 9.87. The topological polar surface area (TPSA) is 51.5 Å². The molecule has 1 aliphatic heterocycles. The number of hydrogen-bond acceptors (Lipinski definition) is 4. The highest BCUT2D eigenvalue weighted by molar-refractivity contribution is 5.59. The van der Waals surface area contributed by atoms with Crippen LogP contribution in [0.1, 0.15) is 28.7 Å². The van der Waals surface area contributed by atoms with E-state index in [-0.39, 0.29) is 23.9 Å². The van der Waals surface area contributed by atoms with E-state index in [2.05, 4.69) is 0 Å². The predicted octanol–water partition coefficient (Wildman–Crippen LogP) is 7.25. The molecule has 0 radical (unpaired) electrons. The Kier molecular flexibility index (Phi) is 6.04. The molecule has 0 N–H and O–H groups in total. The van der Waals surface area contributed by atoms with Crippen LogP contribution in [-0.4, -0.2) is 0 Å². The number of nitrogens with zero attached hydrogens (tertiary/aromatic N) is 1. The van der Waals surface area contributed by atoms with E-state index < -0.39 is 11.7 Å². The lowest BCUT2D eigenvalue weighted by atomic mass is 10.1. The third-order valence-electron chi connectivity index (χ3n) is 4.88. The third-order valence-corrected chi connectivity index (χ3v) is 4.88. The lowest BCUT2D eigenvalue weighted by Gasteiger charge is -2.18. The van der Waals surface area contributed by atoms with Crippen molar-refractivity contribution in [3.8, 4) is 29.1 Å². The van der Waals surface area contributed by atoms with Gasteiger partial charge in [0.05, 0.1) is 12.3 Å². The van der Waals surface area contributed by atoms with Gasteiger partial charge in [-0.05, 0) is 60.0 Å². The Balaban J connectivity index is 1.62. The summed E-state index contributed by atoms with van der Waals surface area (Å²) >= 11 is 0. The van der Waals surface area contributed by atoms with E-state index in [1.165, 1.54) is 12.1 Å². The van der Waals surface area contributed by atoms with Gasteiger partial charge in [0, 0.05) is 12.0 Å². The van der Waals surface area contributed by atoms with Gasteiger partial charge in [-0.1, -0.05) is 24.3 Å². The molecule has 4 rings (SSSR count). The van der Waals surface area contributed by atoms with E-state index in [0.29, 0.717) is 18.6 Å². The van der Waals surface area contributed by atoms with Crippen LogP contribution < -0.4 is 9.47 Å². The minimum Gasteiger partial charge on any atom is -0.496 e. The summed E-state index contributed by atoms with van der Waals surface area (Å²) in [4.78, 5) is 0. The van der Waals surface area contributed by atoms with E-state index in [9.17, 15) is 13.2 Å². The van der Waals surface area contributed by atoms with Crippen LogP contribution >= 0.6 is 0 Å². The lowest BCUT2D eigenvalue weighted by molar-refractivity contribution is -0.138. The van der Waals surface area contributed by atoms with Crippen molar-refractivity contribution >= 4 is 6.08 Å². The standard InChI is InChI=1S/C25H18F3NO3/c26-25(27,28)22-15-20(31-23-8-2-6-18-11-13-30-16-21(18)23)9-10-24(22)32-19-7-1-4-17(14-19)5-3-12-29/h1-2,4,6-11,13-15H,3,5,16H2. The minimum absolute atomic E-state index is 0.0374. The monoisotopic (exact) mass is 437 g/mol. The first-order chi connectivity index (χ1) is 15.4. The van der Waals surface area contributed by atoms with Gasteiger partial charge >= 0.3 is 6.18 Å². The third kappa shape index (κ3) is 4.86. The highest BCUT2D eigenvalue weighted by atomic mass is 19.4. The molecule has 0 aliphatic carbocycles. The molecule has 0 aromatic heterocycles. The van der Waals surface area contributed by atoms with Crippen LogP contribution in [0.2, 0.25) is 0 Å². The number of aryl methyl sites for hydroxylation is 1. The maximum absolute atomic E-state index is 13.8. The summed E-state index contributed by atoms with van der Waals surface area (Å²) in [5.41, 5.74) is 1.51. The van der Waals surface area contributed by atoms with Gasteiger partial charge in [0.15, 0.2) is 0 Å². The quantitative estimate of drug-likeness (QED) is 0.408. The summed E-state index contributed by atoms with van der Waals surface area (Å²) in [5, 5.41) is 8.73. The van der Waals surface area contributed by atoms with Gasteiger partial charge < -0.3 is 14.2 Å². The first kappa shape index (κ1) is 21.3. The molecule has 1 heterocycles. The Labute approximate surface area is 183 Å². The second-order valence-electron chi connectivity index (χ2n) is 7.10. The largest absolute Gasteiger partial charge is 0.496 e. The number of halogens is 3. The van der Waals surface area contributed by atoms with Gasteiger partial charge in [0.2, 0.25) is 0 Å². The van der Waals surface area contributed by atoms with Crippen molar-refractivity contribution in [2.24, 2.45) is 0 Å². The van der Waals surface area contributed by atoms with Crippen LogP contribution in [0.25, 0.3) is 6.08 Å². The molecule has 4 nitrogen and oxygen atoms in total. The Morgan fingerprint density at radius 2 is 1.72 bits per heavy atom. The fourth-order valence-corrected chi connectivity index (χ4v) is 3.34. The molecule has 0 spiro atoms. The summed E-state index contributed by atoms with van der Waals surface area (Å²) in [6, 6.07) is 17.7. The number of nitriles is 1. The molecule has 0 atom stereocenters. The number of rotatable bonds is 6. The summed E-state index contributed by atoms with van der Waals surface area (Å²) in [6.07, 6.45) is -0.501. The lowest BCUT2D eigenvalue weighted by Crippen LogP contribution is -2.08. The molecular formula is C25H18F3NO3. The fraction of sp³-hybridized carbons (Fsp3) is 0.160. The molecule has 3 aromatic carbocycles. The van der Waals surface area contributed by atoms with E-state index in [4.69, 9.17) is 19.5 Å². The van der Waals surface area contributed by atoms with E-state index >= 15 is 0 Å². The normalized spacial score (nSPS) is 12.4. The molecule has 3 aromatic rings. The minimum atomic E-state index is -4.64. The van der Waals surface area contributed by atoms with Crippen molar-refractivity contribution in [3.05, 3.63) is 89.2 Å². The van der Waals surface area contributed by atoms with Crippen molar-refractivity contribution in [1.29, 1.82) is 5.26 Å². The number of ether oxygens (including phenoxy) is 3. The molecule has 0 fully saturated rings. The number of fused-ring (bicyclic) bond motifs is 1. The maximum Gasteiger partial charge on any atom is 0.420 e. The molecule has 0 amide bonds. The number of benzene rings is 3. The van der Waals surface area contributed by atoms with Crippen LogP contribution in [0, 0.1) is 11.3 Å². The zero-order valence-electron chi connectivity index (χ0n) is 16.9. The van der Waals surface area contributed by atoms with E-state index in [0.717, 1.165) is 22.8 Å². The highest BCUT2D eigenvalue weighted by Crippen LogP contribution is 2.41. The molecule has 162 valence electrons. The molecule has 7 heteroatoms.